The van der Waals surface area contributed by atoms with E-state index >= 15 is 0 Å². The van der Waals surface area contributed by atoms with Crippen molar-refractivity contribution in [1.29, 1.82) is 0 Å². The smallest absolute Gasteiger partial charge is 0.420 e. The highest BCUT2D eigenvalue weighted by molar-refractivity contribution is 8.00. The Hall–Kier alpha value is -2.78. The summed E-state index contributed by atoms with van der Waals surface area (Å²) in [5, 5.41) is 9.77. The van der Waals surface area contributed by atoms with Gasteiger partial charge in [-0.1, -0.05) is 11.9 Å². The standard InChI is InChI=1S/C20H17ClF2N4O2S/c1-30-27-9-7-12-10-13(11-16(18(12)27)17-6-8-24-26-17)19(28)25-14-2-4-15(5-3-14)29-20(21,22)23/h2-6,8,10-11H,7,9H2,1H3,(H,24,26)(H,25,28). The number of hydrogen-bond donors (Lipinski definition) is 2. The molecule has 1 aliphatic rings. The summed E-state index contributed by atoms with van der Waals surface area (Å²) in [7, 11) is 0. The number of fused-ring (bicyclic) bond motifs is 1. The molecule has 6 nitrogen and oxygen atoms in total. The fourth-order valence-corrected chi connectivity index (χ4v) is 4.14. The van der Waals surface area contributed by atoms with Crippen molar-refractivity contribution in [3.63, 3.8) is 0 Å². The monoisotopic (exact) mass is 450 g/mol. The van der Waals surface area contributed by atoms with Gasteiger partial charge >= 0.3 is 5.57 Å². The summed E-state index contributed by atoms with van der Waals surface area (Å²) in [6, 6.07) is 11.1. The second kappa shape index (κ2) is 8.16. The number of amides is 1. The first-order chi connectivity index (χ1) is 14.3. The Morgan fingerprint density at radius 2 is 2.07 bits per heavy atom. The van der Waals surface area contributed by atoms with Crippen LogP contribution in [0.25, 0.3) is 11.3 Å². The lowest BCUT2D eigenvalue weighted by Crippen LogP contribution is -2.16. The van der Waals surface area contributed by atoms with Crippen LogP contribution in [0.1, 0.15) is 15.9 Å². The van der Waals surface area contributed by atoms with Crippen molar-refractivity contribution in [2.24, 2.45) is 0 Å². The Kier molecular flexibility index (Phi) is 5.57. The van der Waals surface area contributed by atoms with Gasteiger partial charge in [-0.25, -0.2) is 0 Å². The number of benzene rings is 2. The van der Waals surface area contributed by atoms with Gasteiger partial charge in [0, 0.05) is 47.4 Å². The van der Waals surface area contributed by atoms with Gasteiger partial charge in [-0.3, -0.25) is 9.89 Å². The van der Waals surface area contributed by atoms with Crippen molar-refractivity contribution in [2.45, 2.75) is 12.0 Å². The molecule has 1 amide bonds. The maximum absolute atomic E-state index is 12.9. The average molecular weight is 451 g/mol. The van der Waals surface area contributed by atoms with Gasteiger partial charge in [0.2, 0.25) is 0 Å². The Morgan fingerprint density at radius 1 is 1.30 bits per heavy atom. The molecule has 1 aromatic heterocycles. The molecule has 4 rings (SSSR count). The van der Waals surface area contributed by atoms with Crippen LogP contribution in [0.2, 0.25) is 0 Å². The van der Waals surface area contributed by atoms with Crippen LogP contribution in [0.15, 0.2) is 48.7 Å². The molecule has 0 fully saturated rings. The number of H-pyrrole nitrogens is 1. The van der Waals surface area contributed by atoms with Gasteiger partial charge in [0.05, 0.1) is 11.4 Å². The van der Waals surface area contributed by atoms with Crippen molar-refractivity contribution in [3.05, 3.63) is 59.8 Å². The molecule has 30 heavy (non-hydrogen) atoms. The molecule has 0 bridgehead atoms. The fraction of sp³-hybridized carbons (Fsp3) is 0.200. The second-order valence-corrected chi connectivity index (χ2v) is 7.81. The van der Waals surface area contributed by atoms with E-state index in [0.717, 1.165) is 35.5 Å². The number of alkyl halides is 3. The normalized spacial score (nSPS) is 13.3. The molecular weight excluding hydrogens is 434 g/mol. The minimum absolute atomic E-state index is 0.107. The molecule has 156 valence electrons. The maximum Gasteiger partial charge on any atom is 0.487 e. The van der Waals surface area contributed by atoms with E-state index in [9.17, 15) is 13.6 Å². The minimum Gasteiger partial charge on any atom is -0.420 e. The lowest BCUT2D eigenvalue weighted by atomic mass is 10.00. The third-order valence-corrected chi connectivity index (χ3v) is 5.52. The van der Waals surface area contributed by atoms with E-state index in [1.807, 2.05) is 24.5 Å². The third-order valence-electron chi connectivity index (χ3n) is 4.64. The van der Waals surface area contributed by atoms with Crippen LogP contribution < -0.4 is 14.4 Å². The SMILES string of the molecule is CSN1CCc2cc(C(=O)Nc3ccc(OC(F)(F)Cl)cc3)cc(-c3ccn[nH]3)c21. The largest absolute Gasteiger partial charge is 0.487 e. The molecule has 1 aliphatic heterocycles. The van der Waals surface area contributed by atoms with Crippen molar-refractivity contribution >= 4 is 40.8 Å². The summed E-state index contributed by atoms with van der Waals surface area (Å²) < 4.78 is 31.9. The molecule has 10 heteroatoms. The Labute approximate surface area is 180 Å². The van der Waals surface area contributed by atoms with Crippen molar-refractivity contribution in [3.8, 4) is 17.0 Å². The number of anilines is 2. The first-order valence-corrected chi connectivity index (χ1v) is 10.6. The minimum atomic E-state index is -3.79. The van der Waals surface area contributed by atoms with Crippen LogP contribution in [0.3, 0.4) is 0 Å². The molecule has 0 radical (unpaired) electrons. The highest BCUT2D eigenvalue weighted by atomic mass is 35.5. The van der Waals surface area contributed by atoms with Crippen LogP contribution in [-0.4, -0.2) is 34.5 Å². The first kappa shape index (κ1) is 20.5. The highest BCUT2D eigenvalue weighted by Crippen LogP contribution is 2.41. The van der Waals surface area contributed by atoms with Crippen LogP contribution in [-0.2, 0) is 6.42 Å². The summed E-state index contributed by atoms with van der Waals surface area (Å²) in [4.78, 5) is 12.9. The Balaban J connectivity index is 1.60. The van der Waals surface area contributed by atoms with Gasteiger partial charge in [-0.2, -0.15) is 5.10 Å². The fourth-order valence-electron chi connectivity index (χ4n) is 3.38. The van der Waals surface area contributed by atoms with Gasteiger partial charge in [-0.05, 0) is 54.4 Å². The molecular formula is C20H17ClF2N4O2S. The van der Waals surface area contributed by atoms with E-state index in [1.54, 1.807) is 18.1 Å². The number of rotatable bonds is 6. The predicted molar refractivity (Wildman–Crippen MR) is 114 cm³/mol. The van der Waals surface area contributed by atoms with Crippen molar-refractivity contribution < 1.29 is 18.3 Å². The molecule has 0 atom stereocenters. The molecule has 0 saturated carbocycles. The number of halogens is 3. The number of nitrogens with one attached hydrogen (secondary N) is 2. The predicted octanol–water partition coefficient (Wildman–Crippen LogP) is 5.14. The quantitative estimate of drug-likeness (QED) is 0.402. The van der Waals surface area contributed by atoms with Crippen LogP contribution in [0, 0.1) is 0 Å². The van der Waals surface area contributed by atoms with Gasteiger partial charge < -0.3 is 14.4 Å². The summed E-state index contributed by atoms with van der Waals surface area (Å²) in [5.41, 5.74) is 1.03. The Bertz CT molecular complexity index is 1060. The van der Waals surface area contributed by atoms with E-state index < -0.39 is 5.57 Å². The number of aromatic nitrogens is 2. The number of ether oxygens (including phenoxy) is 1. The molecule has 2 aromatic carbocycles. The molecule has 2 N–H and O–H groups in total. The summed E-state index contributed by atoms with van der Waals surface area (Å²) in [6.07, 6.45) is 4.51. The number of nitrogens with zero attached hydrogens (tertiary/aromatic N) is 2. The third kappa shape index (κ3) is 4.36. The average Bonchev–Trinajstić information content (AvgIpc) is 3.37. The molecule has 0 saturated heterocycles. The number of carbonyl (C=O) groups excluding carboxylic acids is 1. The first-order valence-electron chi connectivity index (χ1n) is 8.99. The molecule has 0 unspecified atom stereocenters. The van der Waals surface area contributed by atoms with Gasteiger partial charge in [-0.15, -0.1) is 8.78 Å². The van der Waals surface area contributed by atoms with E-state index in [1.165, 1.54) is 24.3 Å². The van der Waals surface area contributed by atoms with Crippen LogP contribution in [0.4, 0.5) is 20.2 Å². The Morgan fingerprint density at radius 3 is 2.70 bits per heavy atom. The van der Waals surface area contributed by atoms with Gasteiger partial charge in [0.1, 0.15) is 5.75 Å². The zero-order chi connectivity index (χ0) is 21.3. The van der Waals surface area contributed by atoms with E-state index in [0.29, 0.717) is 11.3 Å². The topological polar surface area (TPSA) is 70.2 Å². The van der Waals surface area contributed by atoms with Gasteiger partial charge in [0.25, 0.3) is 5.91 Å². The summed E-state index contributed by atoms with van der Waals surface area (Å²) in [5.74, 6) is -0.415. The summed E-state index contributed by atoms with van der Waals surface area (Å²) in [6.45, 7) is 0.857. The zero-order valence-electron chi connectivity index (χ0n) is 15.8. The highest BCUT2D eigenvalue weighted by Gasteiger charge is 2.28. The second-order valence-electron chi connectivity index (χ2n) is 6.56. The summed E-state index contributed by atoms with van der Waals surface area (Å²) >= 11 is 6.39. The lowest BCUT2D eigenvalue weighted by Gasteiger charge is -2.19. The van der Waals surface area contributed by atoms with Crippen molar-refractivity contribution in [1.82, 2.24) is 10.2 Å². The van der Waals surface area contributed by atoms with Gasteiger partial charge in [0.15, 0.2) is 0 Å². The van der Waals surface area contributed by atoms with E-state index in [-0.39, 0.29) is 11.7 Å². The van der Waals surface area contributed by atoms with E-state index in [2.05, 4.69) is 24.6 Å². The molecule has 2 heterocycles. The van der Waals surface area contributed by atoms with Crippen molar-refractivity contribution in [2.75, 3.05) is 22.4 Å². The zero-order valence-corrected chi connectivity index (χ0v) is 17.4. The lowest BCUT2D eigenvalue weighted by molar-refractivity contribution is -0.0964. The molecule has 3 aromatic rings. The number of aromatic amines is 1. The van der Waals surface area contributed by atoms with Crippen LogP contribution >= 0.6 is 23.5 Å². The molecule has 0 spiro atoms. The maximum atomic E-state index is 12.9. The number of hydrogen-bond acceptors (Lipinski definition) is 5. The number of carbonyl (C=O) groups is 1. The van der Waals surface area contributed by atoms with E-state index in [4.69, 9.17) is 11.6 Å². The van der Waals surface area contributed by atoms with Crippen LogP contribution in [0.5, 0.6) is 5.75 Å². The molecule has 0 aliphatic carbocycles.